The molecule has 1 aliphatic heterocycles. The number of carbonyl (C=O) groups excluding carboxylic acids is 1. The van der Waals surface area contributed by atoms with Gasteiger partial charge in [0.15, 0.2) is 5.65 Å². The van der Waals surface area contributed by atoms with E-state index in [-0.39, 0.29) is 11.7 Å². The maximum atomic E-state index is 13.3. The highest BCUT2D eigenvalue weighted by molar-refractivity contribution is 6.34. The molecule has 1 amide bonds. The zero-order valence-corrected chi connectivity index (χ0v) is 20.5. The second kappa shape index (κ2) is 9.11. The summed E-state index contributed by atoms with van der Waals surface area (Å²) < 4.78 is 2.12. The van der Waals surface area contributed by atoms with Crippen LogP contribution >= 0.6 is 11.6 Å². The van der Waals surface area contributed by atoms with Gasteiger partial charge in [0, 0.05) is 24.5 Å². The Kier molecular flexibility index (Phi) is 6.00. The highest BCUT2D eigenvalue weighted by atomic mass is 35.5. The Morgan fingerprint density at radius 2 is 1.71 bits per heavy atom. The zero-order valence-electron chi connectivity index (χ0n) is 19.7. The maximum Gasteiger partial charge on any atom is 0.293 e. The van der Waals surface area contributed by atoms with E-state index in [2.05, 4.69) is 40.8 Å². The predicted octanol–water partition coefficient (Wildman–Crippen LogP) is 6.24. The van der Waals surface area contributed by atoms with Crippen LogP contribution in [0.15, 0.2) is 48.5 Å². The SMILES string of the molecule is Cc1ccc(NC(=O)c2nc(N3CCCCC3)c3c(C)c(C)n(-c4ccccc4)c3n2)c(Cl)c1. The maximum absolute atomic E-state index is 13.3. The van der Waals surface area contributed by atoms with Crippen LogP contribution in [0.25, 0.3) is 16.7 Å². The van der Waals surface area contributed by atoms with Crippen LogP contribution in [-0.2, 0) is 0 Å². The van der Waals surface area contributed by atoms with E-state index in [1.807, 2.05) is 37.3 Å². The van der Waals surface area contributed by atoms with Crippen LogP contribution in [0.5, 0.6) is 0 Å². The lowest BCUT2D eigenvalue weighted by Crippen LogP contribution is -2.31. The average molecular weight is 474 g/mol. The highest BCUT2D eigenvalue weighted by Gasteiger charge is 2.25. The van der Waals surface area contributed by atoms with Crippen molar-refractivity contribution < 1.29 is 4.79 Å². The molecule has 7 heteroatoms. The molecule has 0 radical (unpaired) electrons. The second-order valence-electron chi connectivity index (χ2n) is 8.94. The van der Waals surface area contributed by atoms with E-state index in [4.69, 9.17) is 21.6 Å². The van der Waals surface area contributed by atoms with E-state index in [1.54, 1.807) is 6.07 Å². The topological polar surface area (TPSA) is 63.1 Å². The number of nitrogens with zero attached hydrogens (tertiary/aromatic N) is 4. The number of hydrogen-bond donors (Lipinski definition) is 1. The van der Waals surface area contributed by atoms with Gasteiger partial charge >= 0.3 is 0 Å². The van der Waals surface area contributed by atoms with Gasteiger partial charge in [-0.15, -0.1) is 0 Å². The Hall–Kier alpha value is -3.38. The van der Waals surface area contributed by atoms with Gasteiger partial charge in [-0.3, -0.25) is 9.36 Å². The molecule has 0 saturated carbocycles. The Balaban J connectivity index is 1.68. The van der Waals surface area contributed by atoms with Crippen molar-refractivity contribution in [2.24, 2.45) is 0 Å². The Morgan fingerprint density at radius 1 is 0.971 bits per heavy atom. The molecule has 1 N–H and O–H groups in total. The molecule has 2 aromatic carbocycles. The molecule has 34 heavy (non-hydrogen) atoms. The first kappa shape index (κ1) is 22.4. The van der Waals surface area contributed by atoms with Crippen LogP contribution in [0, 0.1) is 20.8 Å². The highest BCUT2D eigenvalue weighted by Crippen LogP contribution is 2.35. The van der Waals surface area contributed by atoms with Crippen molar-refractivity contribution in [1.82, 2.24) is 14.5 Å². The largest absolute Gasteiger partial charge is 0.356 e. The fourth-order valence-corrected chi connectivity index (χ4v) is 4.95. The standard InChI is InChI=1S/C27H28ClN5O/c1-17-12-13-22(21(28)16-17)29-27(34)24-30-25(32-14-8-5-9-15-32)23-18(2)19(3)33(26(23)31-24)20-10-6-4-7-11-20/h4,6-7,10-13,16H,5,8-9,14-15H2,1-3H3,(H,29,34). The van der Waals surface area contributed by atoms with Gasteiger partial charge in [-0.1, -0.05) is 35.9 Å². The van der Waals surface area contributed by atoms with Gasteiger partial charge in [-0.25, -0.2) is 9.97 Å². The lowest BCUT2D eigenvalue weighted by atomic mass is 10.1. The smallest absolute Gasteiger partial charge is 0.293 e. The van der Waals surface area contributed by atoms with E-state index in [0.29, 0.717) is 10.7 Å². The molecule has 4 aromatic rings. The van der Waals surface area contributed by atoms with Crippen molar-refractivity contribution >= 4 is 40.0 Å². The van der Waals surface area contributed by atoms with Crippen LogP contribution in [-0.4, -0.2) is 33.5 Å². The number of carbonyl (C=O) groups is 1. The third kappa shape index (κ3) is 4.03. The van der Waals surface area contributed by atoms with Crippen molar-refractivity contribution in [1.29, 1.82) is 0 Å². The number of hydrogen-bond acceptors (Lipinski definition) is 4. The summed E-state index contributed by atoms with van der Waals surface area (Å²) >= 11 is 6.37. The third-order valence-electron chi connectivity index (χ3n) is 6.58. The van der Waals surface area contributed by atoms with E-state index >= 15 is 0 Å². The monoisotopic (exact) mass is 473 g/mol. The summed E-state index contributed by atoms with van der Waals surface area (Å²) in [7, 11) is 0. The molecule has 174 valence electrons. The van der Waals surface area contributed by atoms with E-state index in [1.165, 1.54) is 6.42 Å². The second-order valence-corrected chi connectivity index (χ2v) is 9.34. The van der Waals surface area contributed by atoms with Gasteiger partial charge in [0.1, 0.15) is 5.82 Å². The zero-order chi connectivity index (χ0) is 23.8. The molecule has 3 heterocycles. The van der Waals surface area contributed by atoms with Crippen molar-refractivity contribution in [3.63, 3.8) is 0 Å². The van der Waals surface area contributed by atoms with Crippen LogP contribution in [0.3, 0.4) is 0 Å². The summed E-state index contributed by atoms with van der Waals surface area (Å²) in [6, 6.07) is 15.7. The van der Waals surface area contributed by atoms with Gasteiger partial charge in [0.25, 0.3) is 5.91 Å². The van der Waals surface area contributed by atoms with Gasteiger partial charge < -0.3 is 10.2 Å². The van der Waals surface area contributed by atoms with Crippen LogP contribution in [0.1, 0.15) is 46.7 Å². The van der Waals surface area contributed by atoms with Crippen molar-refractivity contribution in [3.05, 3.63) is 76.2 Å². The van der Waals surface area contributed by atoms with Crippen LogP contribution in [0.4, 0.5) is 11.5 Å². The quantitative estimate of drug-likeness (QED) is 0.381. The molecule has 1 aliphatic rings. The molecule has 0 bridgehead atoms. The molecule has 6 nitrogen and oxygen atoms in total. The fourth-order valence-electron chi connectivity index (χ4n) is 4.67. The normalized spacial score (nSPS) is 13.9. The van der Waals surface area contributed by atoms with E-state index in [0.717, 1.165) is 65.3 Å². The minimum atomic E-state index is -0.373. The minimum absolute atomic E-state index is 0.138. The lowest BCUT2D eigenvalue weighted by Gasteiger charge is -2.28. The summed E-state index contributed by atoms with van der Waals surface area (Å²) in [6.07, 6.45) is 3.44. The summed E-state index contributed by atoms with van der Waals surface area (Å²) in [5, 5.41) is 4.40. The van der Waals surface area contributed by atoms with Crippen molar-refractivity contribution in [3.8, 4) is 5.69 Å². The molecule has 5 rings (SSSR count). The van der Waals surface area contributed by atoms with Crippen molar-refractivity contribution in [2.45, 2.75) is 40.0 Å². The molecule has 0 aliphatic carbocycles. The Morgan fingerprint density at radius 3 is 2.41 bits per heavy atom. The number of piperidine rings is 1. The number of nitrogens with one attached hydrogen (secondary N) is 1. The summed E-state index contributed by atoms with van der Waals surface area (Å²) in [6.45, 7) is 8.01. The van der Waals surface area contributed by atoms with Crippen LogP contribution < -0.4 is 10.2 Å². The number of rotatable bonds is 4. The van der Waals surface area contributed by atoms with Gasteiger partial charge in [-0.05, 0) is 75.4 Å². The third-order valence-corrected chi connectivity index (χ3v) is 6.89. The first-order valence-electron chi connectivity index (χ1n) is 11.7. The Bertz CT molecular complexity index is 1370. The molecular weight excluding hydrogens is 446 g/mol. The molecule has 0 spiro atoms. The van der Waals surface area contributed by atoms with Gasteiger partial charge in [-0.2, -0.15) is 0 Å². The number of amides is 1. The Labute approximate surface area is 204 Å². The molecule has 1 fully saturated rings. The molecule has 0 unspecified atom stereocenters. The van der Waals surface area contributed by atoms with E-state index in [9.17, 15) is 4.79 Å². The first-order valence-corrected chi connectivity index (χ1v) is 12.1. The number of fused-ring (bicyclic) bond motifs is 1. The fraction of sp³-hybridized carbons (Fsp3) is 0.296. The predicted molar refractivity (Wildman–Crippen MR) is 139 cm³/mol. The van der Waals surface area contributed by atoms with Gasteiger partial charge in [0.05, 0.1) is 16.1 Å². The van der Waals surface area contributed by atoms with Gasteiger partial charge in [0.2, 0.25) is 5.82 Å². The van der Waals surface area contributed by atoms with Crippen LogP contribution in [0.2, 0.25) is 5.02 Å². The molecule has 0 atom stereocenters. The molecular formula is C27H28ClN5O. The van der Waals surface area contributed by atoms with Crippen molar-refractivity contribution in [2.75, 3.05) is 23.3 Å². The average Bonchev–Trinajstić information content (AvgIpc) is 3.11. The number of anilines is 2. The van der Waals surface area contributed by atoms with E-state index < -0.39 is 0 Å². The lowest BCUT2D eigenvalue weighted by molar-refractivity contribution is 0.101. The summed E-state index contributed by atoms with van der Waals surface area (Å²) in [5.74, 6) is 0.599. The molecule has 2 aromatic heterocycles. The minimum Gasteiger partial charge on any atom is -0.356 e. The molecule has 1 saturated heterocycles. The number of halogens is 1. The number of benzene rings is 2. The first-order chi connectivity index (χ1) is 16.4. The number of aromatic nitrogens is 3. The number of para-hydroxylation sites is 1. The number of aryl methyl sites for hydroxylation is 2. The summed E-state index contributed by atoms with van der Waals surface area (Å²) in [5.41, 5.74) is 5.55. The summed E-state index contributed by atoms with van der Waals surface area (Å²) in [4.78, 5) is 25.3.